The van der Waals surface area contributed by atoms with E-state index in [0.717, 1.165) is 19.2 Å². The smallest absolute Gasteiger partial charge is 0.417 e. The van der Waals surface area contributed by atoms with Crippen molar-refractivity contribution in [2.75, 3.05) is 13.7 Å². The number of hydrogen-bond donors (Lipinski definition) is 1. The zero-order chi connectivity index (χ0) is 17.0. The normalized spacial score (nSPS) is 29.5. The first-order valence-electron chi connectivity index (χ1n) is 6.93. The molecule has 4 nitrogen and oxygen atoms in total. The summed E-state index contributed by atoms with van der Waals surface area (Å²) in [5, 5.41) is 2.18. The van der Waals surface area contributed by atoms with Crippen LogP contribution in [0, 0.1) is 5.41 Å². The molecule has 124 valence electrons. The predicted molar refractivity (Wildman–Crippen MR) is 74.8 cm³/mol. The van der Waals surface area contributed by atoms with Crippen LogP contribution in [0.3, 0.4) is 0 Å². The number of carbonyl (C=O) groups excluding carboxylic acids is 2. The van der Waals surface area contributed by atoms with Gasteiger partial charge in [-0.2, -0.15) is 13.2 Å². The van der Waals surface area contributed by atoms with E-state index in [1.807, 2.05) is 0 Å². The van der Waals surface area contributed by atoms with Gasteiger partial charge < -0.3 is 10.1 Å². The molecule has 8 heteroatoms. The first-order valence-corrected chi connectivity index (χ1v) is 7.31. The fourth-order valence-corrected chi connectivity index (χ4v) is 3.84. The molecule has 1 N–H and O–H groups in total. The lowest BCUT2D eigenvalue weighted by Gasteiger charge is -2.29. The van der Waals surface area contributed by atoms with Crippen molar-refractivity contribution >= 4 is 23.5 Å². The van der Waals surface area contributed by atoms with Crippen molar-refractivity contribution in [3.63, 3.8) is 0 Å². The Hall–Kier alpha value is -1.76. The van der Waals surface area contributed by atoms with E-state index in [9.17, 15) is 22.8 Å². The lowest BCUT2D eigenvalue weighted by Crippen LogP contribution is -2.48. The van der Waals surface area contributed by atoms with Crippen molar-refractivity contribution in [2.24, 2.45) is 5.41 Å². The summed E-state index contributed by atoms with van der Waals surface area (Å²) in [7, 11) is 1.16. The molecule has 1 aliphatic carbocycles. The van der Waals surface area contributed by atoms with E-state index in [2.05, 4.69) is 5.32 Å². The fourth-order valence-electron chi connectivity index (χ4n) is 3.62. The maximum Gasteiger partial charge on any atom is 0.417 e. The van der Waals surface area contributed by atoms with E-state index >= 15 is 0 Å². The molecule has 0 aromatic heterocycles. The molecule has 2 atom stereocenters. The number of benzene rings is 1. The van der Waals surface area contributed by atoms with Crippen LogP contribution in [0.4, 0.5) is 13.2 Å². The van der Waals surface area contributed by atoms with Crippen molar-refractivity contribution < 1.29 is 27.5 Å². The lowest BCUT2D eigenvalue weighted by atomic mass is 9.80. The fraction of sp³-hybridized carbons (Fsp3) is 0.467. The molecular formula is C15H13ClF3NO3. The van der Waals surface area contributed by atoms with Gasteiger partial charge in [-0.15, -0.1) is 0 Å². The van der Waals surface area contributed by atoms with E-state index in [-0.39, 0.29) is 12.0 Å². The highest BCUT2D eigenvalue weighted by Crippen LogP contribution is 2.69. The van der Waals surface area contributed by atoms with E-state index in [0.29, 0.717) is 13.0 Å². The molecule has 1 aromatic carbocycles. The van der Waals surface area contributed by atoms with Gasteiger partial charge in [-0.05, 0) is 30.5 Å². The Morgan fingerprint density at radius 3 is 2.70 bits per heavy atom. The molecule has 2 fully saturated rings. The Bertz CT molecular complexity index is 696. The van der Waals surface area contributed by atoms with Gasteiger partial charge in [-0.1, -0.05) is 17.7 Å². The van der Waals surface area contributed by atoms with Crippen LogP contribution < -0.4 is 5.32 Å². The molecule has 2 aliphatic rings. The number of carbonyl (C=O) groups is 2. The summed E-state index contributed by atoms with van der Waals surface area (Å²) in [6.07, 6.45) is -4.10. The van der Waals surface area contributed by atoms with Gasteiger partial charge in [0.15, 0.2) is 5.41 Å². The molecule has 1 unspecified atom stereocenters. The van der Waals surface area contributed by atoms with Gasteiger partial charge in [0, 0.05) is 12.0 Å². The monoisotopic (exact) mass is 347 g/mol. The van der Waals surface area contributed by atoms with Gasteiger partial charge >= 0.3 is 12.1 Å². The SMILES string of the molecule is COC(=O)C12C[C@@]1(c1ccc(Cl)c(C(F)(F)F)c1)CCNC2=O. The third-order valence-corrected chi connectivity index (χ3v) is 5.17. The molecule has 0 spiro atoms. The number of alkyl halides is 3. The molecule has 1 heterocycles. The summed E-state index contributed by atoms with van der Waals surface area (Å²) in [5.41, 5.74) is -3.10. The van der Waals surface area contributed by atoms with Crippen molar-refractivity contribution in [2.45, 2.75) is 24.4 Å². The number of esters is 1. The van der Waals surface area contributed by atoms with Gasteiger partial charge in [-0.3, -0.25) is 9.59 Å². The Morgan fingerprint density at radius 2 is 2.09 bits per heavy atom. The van der Waals surface area contributed by atoms with Crippen LogP contribution >= 0.6 is 11.6 Å². The standard InChI is InChI=1S/C15H13ClF3NO3/c1-23-12(22)14-7-13(14,4-5-20-11(14)21)8-2-3-10(16)9(6-8)15(17,18)19/h2-3,6H,4-5,7H2,1H3,(H,20,21)/t13-,14?/m1/s1. The number of piperidine rings is 1. The molecule has 1 aromatic rings. The average Bonchev–Trinajstić information content (AvgIpc) is 3.19. The van der Waals surface area contributed by atoms with Crippen molar-refractivity contribution in [3.8, 4) is 0 Å². The highest BCUT2D eigenvalue weighted by molar-refractivity contribution is 6.31. The largest absolute Gasteiger partial charge is 0.468 e. The minimum absolute atomic E-state index is 0.136. The number of fused-ring (bicyclic) bond motifs is 1. The molecule has 1 saturated carbocycles. The first-order chi connectivity index (χ1) is 10.7. The predicted octanol–water partition coefficient (Wildman–Crippen LogP) is 2.68. The van der Waals surface area contributed by atoms with E-state index in [1.165, 1.54) is 6.07 Å². The number of hydrogen-bond acceptors (Lipinski definition) is 3. The number of amides is 1. The van der Waals surface area contributed by atoms with E-state index < -0.39 is 39.5 Å². The minimum atomic E-state index is -4.61. The van der Waals surface area contributed by atoms with E-state index in [4.69, 9.17) is 16.3 Å². The van der Waals surface area contributed by atoms with Gasteiger partial charge in [0.1, 0.15) is 0 Å². The van der Waals surface area contributed by atoms with Crippen LogP contribution in [-0.2, 0) is 25.9 Å². The highest BCUT2D eigenvalue weighted by atomic mass is 35.5. The molecule has 0 bridgehead atoms. The number of rotatable bonds is 2. The molecule has 1 aliphatic heterocycles. The molecule has 1 amide bonds. The van der Waals surface area contributed by atoms with Crippen molar-refractivity contribution in [1.29, 1.82) is 0 Å². The first kappa shape index (κ1) is 16.1. The molecule has 23 heavy (non-hydrogen) atoms. The second-order valence-corrected chi connectivity index (χ2v) is 6.26. The zero-order valence-electron chi connectivity index (χ0n) is 12.1. The Labute approximate surface area is 134 Å². The molecular weight excluding hydrogens is 335 g/mol. The molecule has 0 radical (unpaired) electrons. The quantitative estimate of drug-likeness (QED) is 0.661. The van der Waals surface area contributed by atoms with Crippen LogP contribution in [0.25, 0.3) is 0 Å². The number of methoxy groups -OCH3 is 1. The van der Waals surface area contributed by atoms with Crippen LogP contribution in [-0.4, -0.2) is 25.5 Å². The van der Waals surface area contributed by atoms with Gasteiger partial charge in [0.25, 0.3) is 0 Å². The van der Waals surface area contributed by atoms with Crippen LogP contribution in [0.15, 0.2) is 18.2 Å². The van der Waals surface area contributed by atoms with Gasteiger partial charge in [-0.25, -0.2) is 0 Å². The summed E-state index contributed by atoms with van der Waals surface area (Å²) < 4.78 is 44.0. The van der Waals surface area contributed by atoms with Crippen LogP contribution in [0.5, 0.6) is 0 Å². The Kier molecular flexibility index (Phi) is 3.41. The van der Waals surface area contributed by atoms with Crippen LogP contribution in [0.1, 0.15) is 24.0 Å². The summed E-state index contributed by atoms with van der Waals surface area (Å²) in [6.45, 7) is 0.293. The number of nitrogens with one attached hydrogen (secondary N) is 1. The zero-order valence-corrected chi connectivity index (χ0v) is 12.8. The third-order valence-electron chi connectivity index (χ3n) is 4.84. The topological polar surface area (TPSA) is 55.4 Å². The maximum atomic E-state index is 13.1. The summed E-state index contributed by atoms with van der Waals surface area (Å²) in [6, 6.07) is 3.54. The summed E-state index contributed by atoms with van der Waals surface area (Å²) >= 11 is 5.64. The lowest BCUT2D eigenvalue weighted by molar-refractivity contribution is -0.154. The second kappa shape index (κ2) is 4.87. The summed E-state index contributed by atoms with van der Waals surface area (Å²) in [4.78, 5) is 24.4. The van der Waals surface area contributed by atoms with Crippen LogP contribution in [0.2, 0.25) is 5.02 Å². The Morgan fingerprint density at radius 1 is 1.39 bits per heavy atom. The minimum Gasteiger partial charge on any atom is -0.468 e. The van der Waals surface area contributed by atoms with Gasteiger partial charge in [0.2, 0.25) is 5.91 Å². The molecule has 1 saturated heterocycles. The summed E-state index contributed by atoms with van der Waals surface area (Å²) in [5.74, 6) is -1.22. The van der Waals surface area contributed by atoms with Gasteiger partial charge in [0.05, 0.1) is 17.7 Å². The number of ether oxygens (including phenoxy) is 1. The molecule has 3 rings (SSSR count). The Balaban J connectivity index is 2.12. The van der Waals surface area contributed by atoms with Crippen molar-refractivity contribution in [1.82, 2.24) is 5.32 Å². The van der Waals surface area contributed by atoms with E-state index in [1.54, 1.807) is 0 Å². The third kappa shape index (κ3) is 2.06. The second-order valence-electron chi connectivity index (χ2n) is 5.85. The number of halogens is 4. The highest BCUT2D eigenvalue weighted by Gasteiger charge is 2.78. The average molecular weight is 348 g/mol. The van der Waals surface area contributed by atoms with Crippen molar-refractivity contribution in [3.05, 3.63) is 34.3 Å². The maximum absolute atomic E-state index is 13.1.